The number of β-amino-alcohol motifs (C(OH)–C–C–N with tert-alkyl or cyclic N) is 1. The lowest BCUT2D eigenvalue weighted by atomic mass is 10.2. The molecule has 0 spiro atoms. The van der Waals surface area contributed by atoms with Gasteiger partial charge in [0.05, 0.1) is 12.3 Å². The van der Waals surface area contributed by atoms with Crippen LogP contribution in [0.15, 0.2) is 6.20 Å². The van der Waals surface area contributed by atoms with Crippen molar-refractivity contribution in [1.29, 1.82) is 0 Å². The van der Waals surface area contributed by atoms with Crippen LogP contribution in [-0.4, -0.2) is 75.1 Å². The minimum absolute atomic E-state index is 0.0320. The SMILES string of the molecule is CN(C)CC1CC(O)CN1C(=O)c1cnn(C)n1. The van der Waals surface area contributed by atoms with Crippen molar-refractivity contribution in [2.75, 3.05) is 27.2 Å². The number of aliphatic hydroxyl groups is 1. The second kappa shape index (κ2) is 5.03. The highest BCUT2D eigenvalue weighted by Gasteiger charge is 2.35. The first-order chi connectivity index (χ1) is 8.47. The second-order valence-electron chi connectivity index (χ2n) is 4.98. The molecule has 1 aliphatic rings. The fourth-order valence-corrected chi connectivity index (χ4v) is 2.33. The Morgan fingerprint density at radius 2 is 2.33 bits per heavy atom. The maximum atomic E-state index is 12.3. The number of aryl methyl sites for hydroxylation is 1. The third-order valence-corrected chi connectivity index (χ3v) is 3.05. The zero-order valence-corrected chi connectivity index (χ0v) is 10.9. The van der Waals surface area contributed by atoms with E-state index in [4.69, 9.17) is 0 Å². The first-order valence-electron chi connectivity index (χ1n) is 5.97. The van der Waals surface area contributed by atoms with E-state index in [2.05, 4.69) is 10.2 Å². The molecular weight excluding hydrogens is 234 g/mol. The smallest absolute Gasteiger partial charge is 0.276 e. The molecule has 0 saturated carbocycles. The van der Waals surface area contributed by atoms with Gasteiger partial charge in [0, 0.05) is 26.2 Å². The summed E-state index contributed by atoms with van der Waals surface area (Å²) in [4.78, 5) is 17.3. The molecule has 0 aliphatic carbocycles. The van der Waals surface area contributed by atoms with Crippen LogP contribution in [0.5, 0.6) is 0 Å². The van der Waals surface area contributed by atoms with Crippen LogP contribution in [0.4, 0.5) is 0 Å². The van der Waals surface area contributed by atoms with Gasteiger partial charge in [0.15, 0.2) is 5.69 Å². The molecule has 2 rings (SSSR count). The first-order valence-corrected chi connectivity index (χ1v) is 5.97. The van der Waals surface area contributed by atoms with Gasteiger partial charge in [0.25, 0.3) is 5.91 Å². The number of aromatic nitrogens is 3. The Bertz CT molecular complexity index is 431. The standard InChI is InChI=1S/C11H19N5O2/c1-14(2)6-8-4-9(17)7-16(8)11(18)10-5-12-15(3)13-10/h5,8-9,17H,4,6-7H2,1-3H3. The number of likely N-dealkylation sites (tertiary alicyclic amines) is 1. The number of carbonyl (C=O) groups is 1. The molecule has 0 aromatic carbocycles. The molecule has 0 bridgehead atoms. The molecule has 2 atom stereocenters. The largest absolute Gasteiger partial charge is 0.391 e. The predicted octanol–water partition coefficient (Wildman–Crippen LogP) is -1.05. The summed E-state index contributed by atoms with van der Waals surface area (Å²) < 4.78 is 0. The van der Waals surface area contributed by atoms with Crippen molar-refractivity contribution < 1.29 is 9.90 Å². The number of hydrogen-bond donors (Lipinski definition) is 1. The van der Waals surface area contributed by atoms with Crippen LogP contribution in [0.2, 0.25) is 0 Å². The number of likely N-dealkylation sites (N-methyl/N-ethyl adjacent to an activating group) is 1. The van der Waals surface area contributed by atoms with Gasteiger partial charge in [-0.2, -0.15) is 9.90 Å². The minimum atomic E-state index is -0.449. The van der Waals surface area contributed by atoms with E-state index >= 15 is 0 Å². The molecule has 18 heavy (non-hydrogen) atoms. The van der Waals surface area contributed by atoms with Gasteiger partial charge in [-0.15, -0.1) is 5.10 Å². The van der Waals surface area contributed by atoms with Gasteiger partial charge in [-0.1, -0.05) is 0 Å². The van der Waals surface area contributed by atoms with E-state index in [9.17, 15) is 9.90 Å². The number of nitrogens with zero attached hydrogens (tertiary/aromatic N) is 5. The molecule has 0 radical (unpaired) electrons. The minimum Gasteiger partial charge on any atom is -0.391 e. The van der Waals surface area contributed by atoms with Gasteiger partial charge in [-0.05, 0) is 20.5 Å². The molecule has 1 aromatic rings. The van der Waals surface area contributed by atoms with Gasteiger partial charge < -0.3 is 14.9 Å². The van der Waals surface area contributed by atoms with Crippen LogP contribution in [0.1, 0.15) is 16.9 Å². The molecule has 2 unspecified atom stereocenters. The molecule has 1 saturated heterocycles. The summed E-state index contributed by atoms with van der Waals surface area (Å²) in [7, 11) is 5.58. The van der Waals surface area contributed by atoms with Gasteiger partial charge in [0.2, 0.25) is 0 Å². The van der Waals surface area contributed by atoms with Crippen molar-refractivity contribution in [3.05, 3.63) is 11.9 Å². The summed E-state index contributed by atoms with van der Waals surface area (Å²) in [5.74, 6) is -0.161. The maximum absolute atomic E-state index is 12.3. The van der Waals surface area contributed by atoms with Crippen molar-refractivity contribution in [3.8, 4) is 0 Å². The highest BCUT2D eigenvalue weighted by molar-refractivity contribution is 5.92. The molecule has 1 aliphatic heterocycles. The van der Waals surface area contributed by atoms with Crippen molar-refractivity contribution in [2.45, 2.75) is 18.6 Å². The lowest BCUT2D eigenvalue weighted by Gasteiger charge is -2.25. The Balaban J connectivity index is 2.12. The topological polar surface area (TPSA) is 74.5 Å². The van der Waals surface area contributed by atoms with E-state index in [1.807, 2.05) is 19.0 Å². The molecule has 1 amide bonds. The van der Waals surface area contributed by atoms with Crippen LogP contribution in [0.25, 0.3) is 0 Å². The van der Waals surface area contributed by atoms with Crippen molar-refractivity contribution in [1.82, 2.24) is 24.8 Å². The van der Waals surface area contributed by atoms with Gasteiger partial charge in [0.1, 0.15) is 0 Å². The van der Waals surface area contributed by atoms with E-state index in [0.29, 0.717) is 18.7 Å². The first kappa shape index (κ1) is 13.0. The highest BCUT2D eigenvalue weighted by atomic mass is 16.3. The number of aliphatic hydroxyl groups excluding tert-OH is 1. The fourth-order valence-electron chi connectivity index (χ4n) is 2.33. The number of carbonyl (C=O) groups excluding carboxylic acids is 1. The summed E-state index contributed by atoms with van der Waals surface area (Å²) >= 11 is 0. The zero-order valence-electron chi connectivity index (χ0n) is 10.9. The second-order valence-corrected chi connectivity index (χ2v) is 4.98. The Hall–Kier alpha value is -1.47. The van der Waals surface area contributed by atoms with Crippen LogP contribution >= 0.6 is 0 Å². The Kier molecular flexibility index (Phi) is 3.63. The fraction of sp³-hybridized carbons (Fsp3) is 0.727. The Labute approximate surface area is 106 Å². The predicted molar refractivity (Wildman–Crippen MR) is 65.0 cm³/mol. The number of rotatable bonds is 3. The lowest BCUT2D eigenvalue weighted by Crippen LogP contribution is -2.41. The Morgan fingerprint density at radius 1 is 1.61 bits per heavy atom. The molecule has 100 valence electrons. The van der Waals surface area contributed by atoms with E-state index in [1.54, 1.807) is 11.9 Å². The van der Waals surface area contributed by atoms with Crippen molar-refractivity contribution in [2.24, 2.45) is 7.05 Å². The quantitative estimate of drug-likeness (QED) is 0.744. The summed E-state index contributed by atoms with van der Waals surface area (Å²) in [6, 6.07) is 0.0320. The van der Waals surface area contributed by atoms with Crippen LogP contribution in [0, 0.1) is 0 Å². The van der Waals surface area contributed by atoms with Gasteiger partial charge in [-0.3, -0.25) is 4.79 Å². The molecular formula is C11H19N5O2. The zero-order chi connectivity index (χ0) is 13.3. The number of amides is 1. The molecule has 2 heterocycles. The van der Waals surface area contributed by atoms with E-state index < -0.39 is 6.10 Å². The van der Waals surface area contributed by atoms with Gasteiger partial charge in [-0.25, -0.2) is 0 Å². The lowest BCUT2D eigenvalue weighted by molar-refractivity contribution is 0.0692. The monoisotopic (exact) mass is 253 g/mol. The average molecular weight is 253 g/mol. The molecule has 7 nitrogen and oxygen atoms in total. The molecule has 1 N–H and O–H groups in total. The normalized spacial score (nSPS) is 23.9. The third-order valence-electron chi connectivity index (χ3n) is 3.05. The summed E-state index contributed by atoms with van der Waals surface area (Å²) in [6.45, 7) is 1.11. The summed E-state index contributed by atoms with van der Waals surface area (Å²) in [5.41, 5.74) is 0.329. The van der Waals surface area contributed by atoms with E-state index in [1.165, 1.54) is 11.0 Å². The van der Waals surface area contributed by atoms with E-state index in [-0.39, 0.29) is 11.9 Å². The molecule has 1 aromatic heterocycles. The number of hydrogen-bond acceptors (Lipinski definition) is 5. The summed E-state index contributed by atoms with van der Waals surface area (Å²) in [6.07, 6.45) is 1.62. The van der Waals surface area contributed by atoms with Gasteiger partial charge >= 0.3 is 0 Å². The third kappa shape index (κ3) is 2.68. The summed E-state index contributed by atoms with van der Waals surface area (Å²) in [5, 5.41) is 17.6. The average Bonchev–Trinajstić information content (AvgIpc) is 2.83. The molecule has 7 heteroatoms. The van der Waals surface area contributed by atoms with Crippen LogP contribution < -0.4 is 0 Å². The highest BCUT2D eigenvalue weighted by Crippen LogP contribution is 2.20. The molecule has 1 fully saturated rings. The van der Waals surface area contributed by atoms with Crippen LogP contribution in [0.3, 0.4) is 0 Å². The van der Waals surface area contributed by atoms with Crippen LogP contribution in [-0.2, 0) is 7.05 Å². The Morgan fingerprint density at radius 3 is 2.89 bits per heavy atom. The van der Waals surface area contributed by atoms with Crippen molar-refractivity contribution in [3.63, 3.8) is 0 Å². The van der Waals surface area contributed by atoms with Crippen molar-refractivity contribution >= 4 is 5.91 Å². The maximum Gasteiger partial charge on any atom is 0.276 e. The van der Waals surface area contributed by atoms with E-state index in [0.717, 1.165) is 6.54 Å².